The van der Waals surface area contributed by atoms with Crippen LogP contribution >= 0.6 is 0 Å². The van der Waals surface area contributed by atoms with Crippen molar-refractivity contribution in [1.29, 1.82) is 5.26 Å². The molecule has 0 saturated carbocycles. The van der Waals surface area contributed by atoms with E-state index < -0.39 is 11.7 Å². The van der Waals surface area contributed by atoms with E-state index in [2.05, 4.69) is 10.3 Å². The molecule has 0 aliphatic carbocycles. The Morgan fingerprint density at radius 3 is 2.56 bits per heavy atom. The molecule has 1 N–H and O–H groups in total. The van der Waals surface area contributed by atoms with Gasteiger partial charge in [-0.25, -0.2) is 9.37 Å². The predicted molar refractivity (Wildman–Crippen MR) is 88.9 cm³/mol. The van der Waals surface area contributed by atoms with Crippen LogP contribution in [0.4, 0.5) is 10.1 Å². The largest absolute Gasteiger partial charge is 0.321 e. The molecule has 1 aromatic carbocycles. The summed E-state index contributed by atoms with van der Waals surface area (Å²) in [4.78, 5) is 27.5. The van der Waals surface area contributed by atoms with E-state index >= 15 is 0 Å². The highest BCUT2D eigenvalue weighted by Gasteiger charge is 2.10. The molecule has 3 aromatic rings. The molecule has 0 radical (unpaired) electrons. The van der Waals surface area contributed by atoms with E-state index in [4.69, 9.17) is 5.26 Å². The molecule has 0 atom stereocenters. The van der Waals surface area contributed by atoms with E-state index in [-0.39, 0.29) is 16.6 Å². The molecule has 0 bridgehead atoms. The van der Waals surface area contributed by atoms with Gasteiger partial charge in [-0.3, -0.25) is 9.59 Å². The van der Waals surface area contributed by atoms with E-state index in [1.807, 2.05) is 0 Å². The SMILES string of the molecule is N#Cc1cc(C(=O)Nc2ccc(-n3ccc(=O)cc3)nc2)ccc1F. The lowest BCUT2D eigenvalue weighted by Crippen LogP contribution is -2.13. The number of hydrogen-bond acceptors (Lipinski definition) is 4. The van der Waals surface area contributed by atoms with Gasteiger partial charge in [-0.2, -0.15) is 5.26 Å². The van der Waals surface area contributed by atoms with E-state index in [0.717, 1.165) is 6.07 Å². The number of hydrogen-bond donors (Lipinski definition) is 1. The summed E-state index contributed by atoms with van der Waals surface area (Å²) in [6, 6.07) is 11.4. The molecule has 0 spiro atoms. The lowest BCUT2D eigenvalue weighted by molar-refractivity contribution is 0.102. The number of carbonyl (C=O) groups excluding carboxylic acids is 1. The number of pyridine rings is 2. The molecule has 0 fully saturated rings. The third-order valence-corrected chi connectivity index (χ3v) is 3.42. The number of amides is 1. The van der Waals surface area contributed by atoms with Gasteiger partial charge in [0.25, 0.3) is 5.91 Å². The number of nitriles is 1. The zero-order valence-corrected chi connectivity index (χ0v) is 12.8. The van der Waals surface area contributed by atoms with E-state index in [0.29, 0.717) is 11.5 Å². The third kappa shape index (κ3) is 3.59. The minimum atomic E-state index is -0.675. The Hall–Kier alpha value is -3.79. The Kier molecular flexibility index (Phi) is 4.35. The maximum Gasteiger partial charge on any atom is 0.255 e. The fraction of sp³-hybridized carbons (Fsp3) is 0. The number of rotatable bonds is 3. The summed E-state index contributed by atoms with van der Waals surface area (Å²) in [5, 5.41) is 11.4. The number of benzene rings is 1. The van der Waals surface area contributed by atoms with Gasteiger partial charge in [0.05, 0.1) is 17.4 Å². The first-order valence-electron chi connectivity index (χ1n) is 7.22. The van der Waals surface area contributed by atoms with Gasteiger partial charge in [0.1, 0.15) is 17.7 Å². The molecule has 0 saturated heterocycles. The Bertz CT molecular complexity index is 1020. The van der Waals surface area contributed by atoms with Crippen LogP contribution in [-0.4, -0.2) is 15.5 Å². The molecule has 122 valence electrons. The van der Waals surface area contributed by atoms with Crippen molar-refractivity contribution in [3.63, 3.8) is 0 Å². The van der Waals surface area contributed by atoms with Crippen molar-refractivity contribution in [2.24, 2.45) is 0 Å². The molecule has 6 nitrogen and oxygen atoms in total. The van der Waals surface area contributed by atoms with Crippen LogP contribution in [0.5, 0.6) is 0 Å². The number of nitrogens with zero attached hydrogens (tertiary/aromatic N) is 3. The van der Waals surface area contributed by atoms with Gasteiger partial charge in [-0.1, -0.05) is 0 Å². The fourth-order valence-electron chi connectivity index (χ4n) is 2.13. The third-order valence-electron chi connectivity index (χ3n) is 3.42. The highest BCUT2D eigenvalue weighted by Crippen LogP contribution is 2.13. The van der Waals surface area contributed by atoms with Gasteiger partial charge >= 0.3 is 0 Å². The lowest BCUT2D eigenvalue weighted by atomic mass is 10.1. The first-order chi connectivity index (χ1) is 12.1. The Labute approximate surface area is 141 Å². The average Bonchev–Trinajstić information content (AvgIpc) is 2.63. The van der Waals surface area contributed by atoms with Crippen LogP contribution in [0.2, 0.25) is 0 Å². The van der Waals surface area contributed by atoms with Crippen molar-refractivity contribution in [2.45, 2.75) is 0 Å². The van der Waals surface area contributed by atoms with Gasteiger partial charge in [-0.05, 0) is 30.3 Å². The first kappa shape index (κ1) is 16.1. The normalized spacial score (nSPS) is 10.1. The second-order valence-corrected chi connectivity index (χ2v) is 5.11. The molecular formula is C18H11FN4O2. The second kappa shape index (κ2) is 6.76. The summed E-state index contributed by atoms with van der Waals surface area (Å²) in [7, 11) is 0. The standard InChI is InChI=1S/C18H11FN4O2/c19-16-3-1-12(9-13(16)10-20)18(25)22-14-2-4-17(21-11-14)23-7-5-15(24)6-8-23/h1-9,11H,(H,22,25). The zero-order chi connectivity index (χ0) is 17.8. The van der Waals surface area contributed by atoms with Crippen LogP contribution in [-0.2, 0) is 0 Å². The lowest BCUT2D eigenvalue weighted by Gasteiger charge is -2.08. The van der Waals surface area contributed by atoms with E-state index in [1.54, 1.807) is 35.2 Å². The van der Waals surface area contributed by atoms with Gasteiger partial charge in [0.15, 0.2) is 5.43 Å². The van der Waals surface area contributed by atoms with E-state index in [1.165, 1.54) is 30.5 Å². The van der Waals surface area contributed by atoms with Crippen molar-refractivity contribution >= 4 is 11.6 Å². The number of anilines is 1. The van der Waals surface area contributed by atoms with Crippen LogP contribution in [0, 0.1) is 17.1 Å². The highest BCUT2D eigenvalue weighted by atomic mass is 19.1. The molecule has 1 amide bonds. The predicted octanol–water partition coefficient (Wildman–Crippen LogP) is 2.50. The summed E-state index contributed by atoms with van der Waals surface area (Å²) in [6.45, 7) is 0. The van der Waals surface area contributed by atoms with Crippen molar-refractivity contribution in [2.75, 3.05) is 5.32 Å². The van der Waals surface area contributed by atoms with Crippen LogP contribution in [0.15, 0.2) is 65.8 Å². The minimum Gasteiger partial charge on any atom is -0.321 e. The highest BCUT2D eigenvalue weighted by molar-refractivity contribution is 6.04. The Balaban J connectivity index is 1.77. The van der Waals surface area contributed by atoms with Crippen molar-refractivity contribution in [3.05, 3.63) is 88.2 Å². The quantitative estimate of drug-likeness (QED) is 0.797. The zero-order valence-electron chi connectivity index (χ0n) is 12.8. The summed E-state index contributed by atoms with van der Waals surface area (Å²) in [5.41, 5.74) is 0.315. The van der Waals surface area contributed by atoms with Crippen LogP contribution in [0.3, 0.4) is 0 Å². The first-order valence-corrected chi connectivity index (χ1v) is 7.22. The van der Waals surface area contributed by atoms with Crippen molar-refractivity contribution < 1.29 is 9.18 Å². The van der Waals surface area contributed by atoms with Crippen molar-refractivity contribution in [1.82, 2.24) is 9.55 Å². The molecule has 0 aliphatic rings. The Morgan fingerprint density at radius 1 is 1.16 bits per heavy atom. The van der Waals surface area contributed by atoms with Crippen LogP contribution in [0.1, 0.15) is 15.9 Å². The summed E-state index contributed by atoms with van der Waals surface area (Å²) >= 11 is 0. The molecule has 0 aliphatic heterocycles. The molecule has 7 heteroatoms. The number of carbonyl (C=O) groups is 1. The molecule has 25 heavy (non-hydrogen) atoms. The van der Waals surface area contributed by atoms with Gasteiger partial charge in [-0.15, -0.1) is 0 Å². The summed E-state index contributed by atoms with van der Waals surface area (Å²) in [5.74, 6) is -0.577. The Morgan fingerprint density at radius 2 is 1.92 bits per heavy atom. The second-order valence-electron chi connectivity index (χ2n) is 5.11. The average molecular weight is 334 g/mol. The summed E-state index contributed by atoms with van der Waals surface area (Å²) < 4.78 is 15.0. The van der Waals surface area contributed by atoms with Gasteiger partial charge in [0, 0.05) is 30.1 Å². The van der Waals surface area contributed by atoms with Gasteiger partial charge in [0.2, 0.25) is 0 Å². The van der Waals surface area contributed by atoms with Crippen LogP contribution in [0.25, 0.3) is 5.82 Å². The number of nitrogens with one attached hydrogen (secondary N) is 1. The monoisotopic (exact) mass is 334 g/mol. The summed E-state index contributed by atoms with van der Waals surface area (Å²) in [6.07, 6.45) is 4.63. The molecule has 3 rings (SSSR count). The minimum absolute atomic E-state index is 0.101. The molecular weight excluding hydrogens is 323 g/mol. The van der Waals surface area contributed by atoms with Gasteiger partial charge < -0.3 is 9.88 Å². The molecule has 0 unspecified atom stereocenters. The molecule has 2 aromatic heterocycles. The fourth-order valence-corrected chi connectivity index (χ4v) is 2.13. The van der Waals surface area contributed by atoms with Crippen LogP contribution < -0.4 is 10.7 Å². The smallest absolute Gasteiger partial charge is 0.255 e. The maximum atomic E-state index is 13.3. The topological polar surface area (TPSA) is 87.8 Å². The number of aromatic nitrogens is 2. The van der Waals surface area contributed by atoms with Crippen molar-refractivity contribution in [3.8, 4) is 11.9 Å². The maximum absolute atomic E-state index is 13.3. The molecule has 2 heterocycles. The van der Waals surface area contributed by atoms with E-state index in [9.17, 15) is 14.0 Å². The number of halogens is 1.